The van der Waals surface area contributed by atoms with Gasteiger partial charge in [0.05, 0.1) is 13.5 Å². The topological polar surface area (TPSA) is 62.7 Å². The molecule has 0 radical (unpaired) electrons. The molecule has 0 aromatic heterocycles. The number of hydrogen-bond acceptors (Lipinski definition) is 3. The molecular formula is C16H23ClFN3O2. The minimum absolute atomic E-state index is 0.254. The Morgan fingerprint density at radius 3 is 2.65 bits per heavy atom. The molecule has 1 rings (SSSR count). The number of nitrogens with one attached hydrogen (secondary N) is 2. The van der Waals surface area contributed by atoms with E-state index in [9.17, 15) is 9.18 Å². The van der Waals surface area contributed by atoms with E-state index in [4.69, 9.17) is 11.6 Å². The molecule has 0 spiro atoms. The molecule has 1 aromatic carbocycles. The number of guanidine groups is 1. The summed E-state index contributed by atoms with van der Waals surface area (Å²) in [6.45, 7) is 4.96. The Kier molecular flexibility index (Phi) is 7.29. The fourth-order valence-corrected chi connectivity index (χ4v) is 2.47. The van der Waals surface area contributed by atoms with Gasteiger partial charge < -0.3 is 15.4 Å². The number of ether oxygens (including phenoxy) is 1. The minimum atomic E-state index is -0.359. The van der Waals surface area contributed by atoms with Crippen molar-refractivity contribution in [2.75, 3.05) is 27.2 Å². The Hall–Kier alpha value is -1.82. The molecule has 0 fully saturated rings. The van der Waals surface area contributed by atoms with Gasteiger partial charge in [-0.15, -0.1) is 0 Å². The van der Waals surface area contributed by atoms with Gasteiger partial charge in [-0.2, -0.15) is 0 Å². The second-order valence-electron chi connectivity index (χ2n) is 5.69. The van der Waals surface area contributed by atoms with Crippen LogP contribution in [0.2, 0.25) is 5.02 Å². The normalized spacial score (nSPS) is 12.0. The monoisotopic (exact) mass is 343 g/mol. The summed E-state index contributed by atoms with van der Waals surface area (Å²) in [7, 11) is 3.00. The Balaban J connectivity index is 2.61. The fourth-order valence-electron chi connectivity index (χ4n) is 2.04. The summed E-state index contributed by atoms with van der Waals surface area (Å²) in [5, 5.41) is 6.60. The van der Waals surface area contributed by atoms with Crippen LogP contribution in [0.1, 0.15) is 25.8 Å². The van der Waals surface area contributed by atoms with Crippen LogP contribution in [0.3, 0.4) is 0 Å². The van der Waals surface area contributed by atoms with Gasteiger partial charge in [-0.1, -0.05) is 31.5 Å². The Labute approximate surface area is 141 Å². The third kappa shape index (κ3) is 6.06. The molecule has 23 heavy (non-hydrogen) atoms. The molecule has 7 heteroatoms. The fraction of sp³-hybridized carbons (Fsp3) is 0.500. The van der Waals surface area contributed by atoms with E-state index in [1.165, 1.54) is 19.2 Å². The maximum absolute atomic E-state index is 13.2. The second-order valence-corrected chi connectivity index (χ2v) is 6.09. The molecule has 0 saturated carbocycles. The molecule has 0 aliphatic heterocycles. The van der Waals surface area contributed by atoms with Crippen LogP contribution in [0.25, 0.3) is 0 Å². The first kappa shape index (κ1) is 19.2. The summed E-state index contributed by atoms with van der Waals surface area (Å²) in [4.78, 5) is 15.2. The van der Waals surface area contributed by atoms with E-state index < -0.39 is 0 Å². The van der Waals surface area contributed by atoms with Gasteiger partial charge in [-0.3, -0.25) is 9.79 Å². The first-order valence-corrected chi connectivity index (χ1v) is 7.65. The highest BCUT2D eigenvalue weighted by Gasteiger charge is 2.24. The number of aliphatic imine (C=N–C) groups is 1. The van der Waals surface area contributed by atoms with Crippen molar-refractivity contribution in [2.45, 2.75) is 25.7 Å². The molecule has 0 atom stereocenters. The number of esters is 1. The van der Waals surface area contributed by atoms with Crippen LogP contribution in [0, 0.1) is 5.82 Å². The van der Waals surface area contributed by atoms with Gasteiger partial charge in [0.1, 0.15) is 5.82 Å². The van der Waals surface area contributed by atoms with Gasteiger partial charge in [0.25, 0.3) is 0 Å². The zero-order valence-corrected chi connectivity index (χ0v) is 14.6. The third-order valence-corrected chi connectivity index (χ3v) is 3.74. The highest BCUT2D eigenvalue weighted by molar-refractivity contribution is 6.31. The number of methoxy groups -OCH3 is 1. The van der Waals surface area contributed by atoms with Crippen LogP contribution in [0.5, 0.6) is 0 Å². The molecule has 0 saturated heterocycles. The second kappa shape index (κ2) is 8.72. The van der Waals surface area contributed by atoms with Crippen LogP contribution < -0.4 is 10.6 Å². The van der Waals surface area contributed by atoms with E-state index in [2.05, 4.69) is 20.4 Å². The molecular weight excluding hydrogens is 321 g/mol. The number of carbonyl (C=O) groups excluding carboxylic acids is 1. The predicted octanol–water partition coefficient (Wildman–Crippen LogP) is 2.48. The van der Waals surface area contributed by atoms with E-state index in [-0.39, 0.29) is 23.6 Å². The van der Waals surface area contributed by atoms with Gasteiger partial charge in [0.2, 0.25) is 0 Å². The maximum atomic E-state index is 13.2. The van der Waals surface area contributed by atoms with E-state index in [1.807, 2.05) is 13.8 Å². The third-order valence-electron chi connectivity index (χ3n) is 3.43. The van der Waals surface area contributed by atoms with Gasteiger partial charge in [-0.05, 0) is 17.7 Å². The van der Waals surface area contributed by atoms with Crippen LogP contribution in [0.15, 0.2) is 23.2 Å². The van der Waals surface area contributed by atoms with E-state index in [0.29, 0.717) is 24.1 Å². The van der Waals surface area contributed by atoms with Crippen molar-refractivity contribution >= 4 is 23.5 Å². The molecule has 0 aliphatic carbocycles. The summed E-state index contributed by atoms with van der Waals surface area (Å²) in [5.74, 6) is -0.0746. The summed E-state index contributed by atoms with van der Waals surface area (Å²) >= 11 is 6.13. The van der Waals surface area contributed by atoms with E-state index >= 15 is 0 Å². The SMILES string of the molecule is CN=C(NCCC(=O)OC)NCC(C)(C)c1ccc(F)cc1Cl. The van der Waals surface area contributed by atoms with Gasteiger partial charge in [0, 0.05) is 30.6 Å². The number of carbonyl (C=O) groups is 1. The lowest BCUT2D eigenvalue weighted by molar-refractivity contribution is -0.140. The molecule has 0 bridgehead atoms. The molecule has 5 nitrogen and oxygen atoms in total. The number of benzene rings is 1. The lowest BCUT2D eigenvalue weighted by atomic mass is 9.84. The molecule has 2 N–H and O–H groups in total. The minimum Gasteiger partial charge on any atom is -0.469 e. The zero-order chi connectivity index (χ0) is 17.5. The van der Waals surface area contributed by atoms with Crippen molar-refractivity contribution in [1.82, 2.24) is 10.6 Å². The first-order chi connectivity index (χ1) is 10.8. The lowest BCUT2D eigenvalue weighted by Gasteiger charge is -2.27. The molecule has 0 amide bonds. The van der Waals surface area contributed by atoms with E-state index in [0.717, 1.165) is 5.56 Å². The molecule has 0 heterocycles. The Bertz CT molecular complexity index is 576. The number of nitrogens with zero attached hydrogens (tertiary/aromatic N) is 1. The van der Waals surface area contributed by atoms with Crippen molar-refractivity contribution in [3.63, 3.8) is 0 Å². The molecule has 1 aromatic rings. The van der Waals surface area contributed by atoms with E-state index in [1.54, 1.807) is 13.1 Å². The predicted molar refractivity (Wildman–Crippen MR) is 90.4 cm³/mol. The number of halogens is 2. The van der Waals surface area contributed by atoms with Gasteiger partial charge in [-0.25, -0.2) is 4.39 Å². The lowest BCUT2D eigenvalue weighted by Crippen LogP contribution is -2.44. The van der Waals surface area contributed by atoms with Crippen molar-refractivity contribution in [1.29, 1.82) is 0 Å². The van der Waals surface area contributed by atoms with Crippen LogP contribution >= 0.6 is 11.6 Å². The highest BCUT2D eigenvalue weighted by atomic mass is 35.5. The van der Waals surface area contributed by atoms with Gasteiger partial charge >= 0.3 is 5.97 Å². The Morgan fingerprint density at radius 1 is 1.39 bits per heavy atom. The smallest absolute Gasteiger partial charge is 0.307 e. The van der Waals surface area contributed by atoms with Crippen LogP contribution in [-0.4, -0.2) is 39.2 Å². The van der Waals surface area contributed by atoms with Crippen molar-refractivity contribution in [2.24, 2.45) is 4.99 Å². The first-order valence-electron chi connectivity index (χ1n) is 7.27. The van der Waals surface area contributed by atoms with Crippen molar-refractivity contribution < 1.29 is 13.9 Å². The van der Waals surface area contributed by atoms with Crippen molar-refractivity contribution in [3.8, 4) is 0 Å². The van der Waals surface area contributed by atoms with Crippen molar-refractivity contribution in [3.05, 3.63) is 34.6 Å². The van der Waals surface area contributed by atoms with Gasteiger partial charge in [0.15, 0.2) is 5.96 Å². The standard InChI is InChI=1S/C16H23ClFN3O2/c1-16(2,12-6-5-11(18)9-13(12)17)10-21-15(19-3)20-8-7-14(22)23-4/h5-6,9H,7-8,10H2,1-4H3,(H2,19,20,21). The summed E-state index contributed by atoms with van der Waals surface area (Å²) in [6.07, 6.45) is 0.254. The highest BCUT2D eigenvalue weighted by Crippen LogP contribution is 2.29. The summed E-state index contributed by atoms with van der Waals surface area (Å²) in [6, 6.07) is 4.39. The van der Waals surface area contributed by atoms with Crippen LogP contribution in [0.4, 0.5) is 4.39 Å². The molecule has 128 valence electrons. The summed E-state index contributed by atoms with van der Waals surface area (Å²) in [5.41, 5.74) is 0.517. The largest absolute Gasteiger partial charge is 0.469 e. The zero-order valence-electron chi connectivity index (χ0n) is 13.9. The average molecular weight is 344 g/mol. The average Bonchev–Trinajstić information content (AvgIpc) is 2.49. The van der Waals surface area contributed by atoms with Crippen LogP contribution in [-0.2, 0) is 14.9 Å². The number of hydrogen-bond donors (Lipinski definition) is 2. The quantitative estimate of drug-likeness (QED) is 0.473. The molecule has 0 aliphatic rings. The number of rotatable bonds is 6. The Morgan fingerprint density at radius 2 is 2.09 bits per heavy atom. The summed E-state index contributed by atoms with van der Waals surface area (Å²) < 4.78 is 17.7. The maximum Gasteiger partial charge on any atom is 0.307 e. The molecule has 0 unspecified atom stereocenters.